The van der Waals surface area contributed by atoms with Crippen LogP contribution >= 0.6 is 23.1 Å². The molecule has 0 bridgehead atoms. The molecule has 0 unspecified atom stereocenters. The maximum atomic E-state index is 13.6. The van der Waals surface area contributed by atoms with E-state index in [9.17, 15) is 8.42 Å². The fraction of sp³-hybridized carbons (Fsp3) is 0.100. The van der Waals surface area contributed by atoms with Gasteiger partial charge in [0, 0.05) is 10.3 Å². The molecule has 0 saturated carbocycles. The van der Waals surface area contributed by atoms with Crippen molar-refractivity contribution in [2.75, 3.05) is 6.26 Å². The first-order chi connectivity index (χ1) is 12.9. The molecule has 0 radical (unpaired) electrons. The fourth-order valence-electron chi connectivity index (χ4n) is 3.00. The Kier molecular flexibility index (Phi) is 4.11. The third kappa shape index (κ3) is 2.69. The maximum Gasteiger partial charge on any atom is 0.268 e. The van der Waals surface area contributed by atoms with Crippen LogP contribution in [0.15, 0.2) is 75.8 Å². The number of benzene rings is 2. The lowest BCUT2D eigenvalue weighted by Gasteiger charge is -2.12. The number of aromatic nitrogens is 1. The van der Waals surface area contributed by atoms with E-state index in [2.05, 4.69) is 0 Å². The van der Waals surface area contributed by atoms with Crippen molar-refractivity contribution in [2.24, 2.45) is 0 Å². The van der Waals surface area contributed by atoms with Crippen molar-refractivity contribution in [1.29, 1.82) is 0 Å². The number of thiophene rings is 1. The second-order valence-electron chi connectivity index (χ2n) is 5.87. The van der Waals surface area contributed by atoms with Crippen molar-refractivity contribution in [1.82, 2.24) is 3.97 Å². The number of hydrogen-bond donors (Lipinski definition) is 0. The summed E-state index contributed by atoms with van der Waals surface area (Å²) in [6.45, 7) is 1.93. The summed E-state index contributed by atoms with van der Waals surface area (Å²) < 4.78 is 37.0. The van der Waals surface area contributed by atoms with Crippen molar-refractivity contribution in [3.8, 4) is 10.6 Å². The van der Waals surface area contributed by atoms with Gasteiger partial charge in [0.05, 0.1) is 22.4 Å². The molecule has 2 aromatic carbocycles. The number of aryl methyl sites for hydroxylation is 1. The second kappa shape index (κ2) is 6.61. The van der Waals surface area contributed by atoms with Crippen LogP contribution in [0.2, 0.25) is 0 Å². The molecule has 2 aromatic heterocycles. The summed E-state index contributed by atoms with van der Waals surface area (Å²) in [6.07, 6.45) is 1.92. The van der Waals surface area contributed by atoms with E-state index < -0.39 is 10.0 Å². The summed E-state index contributed by atoms with van der Waals surface area (Å²) in [5, 5.41) is 2.60. The zero-order chi connectivity index (χ0) is 19.2. The molecule has 0 atom stereocenters. The quantitative estimate of drug-likeness (QED) is 0.416. The number of hydrogen-bond acceptors (Lipinski definition) is 4. The average Bonchev–Trinajstić information content (AvgIpc) is 3.28. The number of fused-ring (bicyclic) bond motifs is 1. The summed E-state index contributed by atoms with van der Waals surface area (Å²) in [5.74, 6) is 0. The van der Waals surface area contributed by atoms with Gasteiger partial charge in [0.1, 0.15) is 0 Å². The van der Waals surface area contributed by atoms with E-state index in [1.165, 1.54) is 27.1 Å². The lowest BCUT2D eigenvalue weighted by atomic mass is 10.2. The normalized spacial score (nSPS) is 12.5. The molecule has 4 rings (SSSR count). The topological polar surface area (TPSA) is 39.1 Å². The molecule has 3 nitrogen and oxygen atoms in total. The highest BCUT2D eigenvalue weighted by Crippen LogP contribution is 2.42. The first-order valence-corrected chi connectivity index (χ1v) is 11.5. The zero-order valence-electron chi connectivity index (χ0n) is 15.3. The van der Waals surface area contributed by atoms with Gasteiger partial charge in [0.2, 0.25) is 0 Å². The standard InChI is InChI=1S/C20H17NO2S3/c1-14-9-11-15(12-10-14)26(22,23)21-17-7-4-3-6-16(17)20(24-2)19(21)18-8-5-13-25-18/h3-13H,1-2H3/i6D. The third-order valence-corrected chi connectivity index (χ3v) is 7.63. The number of thioether (sulfide) groups is 1. The van der Waals surface area contributed by atoms with Crippen molar-refractivity contribution in [2.45, 2.75) is 16.7 Å². The minimum Gasteiger partial charge on any atom is -0.231 e. The van der Waals surface area contributed by atoms with Crippen molar-refractivity contribution in [3.63, 3.8) is 0 Å². The number of nitrogens with zero attached hydrogens (tertiary/aromatic N) is 1. The molecule has 0 fully saturated rings. The van der Waals surface area contributed by atoms with Gasteiger partial charge in [-0.15, -0.1) is 23.1 Å². The largest absolute Gasteiger partial charge is 0.268 e. The summed E-state index contributed by atoms with van der Waals surface area (Å²) in [5.41, 5.74) is 2.17. The molecular formula is C20H17NO2S3. The first kappa shape index (κ1) is 16.2. The van der Waals surface area contributed by atoms with Gasteiger partial charge < -0.3 is 0 Å². The van der Waals surface area contributed by atoms with Gasteiger partial charge >= 0.3 is 0 Å². The Balaban J connectivity index is 2.16. The summed E-state index contributed by atoms with van der Waals surface area (Å²) in [7, 11) is -3.82. The van der Waals surface area contributed by atoms with Crippen molar-refractivity contribution >= 4 is 44.0 Å². The lowest BCUT2D eigenvalue weighted by molar-refractivity contribution is 0.589. The van der Waals surface area contributed by atoms with E-state index in [-0.39, 0.29) is 4.90 Å². The Hall–Kier alpha value is -2.02. The van der Waals surface area contributed by atoms with Gasteiger partial charge in [-0.25, -0.2) is 12.4 Å². The van der Waals surface area contributed by atoms with E-state index >= 15 is 0 Å². The Bertz CT molecular complexity index is 1220. The maximum absolute atomic E-state index is 13.6. The molecule has 6 heteroatoms. The Morgan fingerprint density at radius 2 is 1.85 bits per heavy atom. The van der Waals surface area contributed by atoms with Crippen molar-refractivity contribution < 1.29 is 9.79 Å². The fourth-order valence-corrected chi connectivity index (χ4v) is 6.24. The Labute approximate surface area is 162 Å². The highest BCUT2D eigenvalue weighted by molar-refractivity contribution is 7.99. The van der Waals surface area contributed by atoms with E-state index in [1.54, 1.807) is 42.5 Å². The molecule has 0 saturated heterocycles. The van der Waals surface area contributed by atoms with Gasteiger partial charge in [-0.2, -0.15) is 0 Å². The highest BCUT2D eigenvalue weighted by Gasteiger charge is 2.27. The Morgan fingerprint density at radius 3 is 2.50 bits per heavy atom. The van der Waals surface area contributed by atoms with E-state index in [4.69, 9.17) is 1.37 Å². The third-order valence-electron chi connectivity index (χ3n) is 4.22. The average molecular weight is 401 g/mol. The molecule has 0 amide bonds. The SMILES string of the molecule is [2H]c1cccc2c1c(SC)c(-c1cccs1)n2S(=O)(=O)c1ccc(C)cc1. The smallest absolute Gasteiger partial charge is 0.231 e. The molecule has 26 heavy (non-hydrogen) atoms. The molecule has 2 heterocycles. The molecule has 132 valence electrons. The van der Waals surface area contributed by atoms with Crippen LogP contribution in [0.1, 0.15) is 6.93 Å². The predicted octanol–water partition coefficient (Wildman–Crippen LogP) is 5.64. The lowest BCUT2D eigenvalue weighted by Crippen LogP contribution is -2.14. The van der Waals surface area contributed by atoms with Crippen LogP contribution in [-0.4, -0.2) is 18.6 Å². The first-order valence-electron chi connectivity index (χ1n) is 8.49. The molecule has 0 N–H and O–H groups in total. The van der Waals surface area contributed by atoms with Crippen molar-refractivity contribution in [3.05, 3.63) is 71.6 Å². The summed E-state index contributed by atoms with van der Waals surface area (Å²) in [6, 6.07) is 16.2. The van der Waals surface area contributed by atoms with Crippen LogP contribution in [0.5, 0.6) is 0 Å². The van der Waals surface area contributed by atoms with Gasteiger partial charge in [-0.3, -0.25) is 0 Å². The zero-order valence-corrected chi connectivity index (χ0v) is 16.7. The summed E-state index contributed by atoms with van der Waals surface area (Å²) in [4.78, 5) is 1.92. The van der Waals surface area contributed by atoms with E-state index in [0.717, 1.165) is 15.3 Å². The minimum absolute atomic E-state index is 0.242. The molecule has 0 aliphatic heterocycles. The van der Waals surface area contributed by atoms with Crippen LogP contribution in [0.3, 0.4) is 0 Å². The molecular weight excluding hydrogens is 382 g/mol. The van der Waals surface area contributed by atoms with Crippen LogP contribution in [0.4, 0.5) is 0 Å². The van der Waals surface area contributed by atoms with E-state index in [1.807, 2.05) is 30.7 Å². The molecule has 0 aliphatic rings. The predicted molar refractivity (Wildman–Crippen MR) is 111 cm³/mol. The van der Waals surface area contributed by atoms with E-state index in [0.29, 0.717) is 22.6 Å². The molecule has 0 spiro atoms. The van der Waals surface area contributed by atoms with Crippen LogP contribution in [0.25, 0.3) is 21.5 Å². The minimum atomic E-state index is -3.82. The summed E-state index contributed by atoms with van der Waals surface area (Å²) >= 11 is 2.97. The Morgan fingerprint density at radius 1 is 1.08 bits per heavy atom. The van der Waals surface area contributed by atoms with Crippen LogP contribution < -0.4 is 0 Å². The van der Waals surface area contributed by atoms with Crippen LogP contribution in [0, 0.1) is 6.92 Å². The number of rotatable bonds is 4. The highest BCUT2D eigenvalue weighted by atomic mass is 32.2. The molecule has 4 aromatic rings. The van der Waals surface area contributed by atoms with Gasteiger partial charge in [-0.1, -0.05) is 41.9 Å². The van der Waals surface area contributed by atoms with Gasteiger partial charge in [0.25, 0.3) is 10.0 Å². The molecule has 0 aliphatic carbocycles. The number of para-hydroxylation sites is 1. The monoisotopic (exact) mass is 400 g/mol. The van der Waals surface area contributed by atoms with Crippen LogP contribution in [-0.2, 0) is 10.0 Å². The van der Waals surface area contributed by atoms with Gasteiger partial charge in [-0.05, 0) is 42.8 Å². The second-order valence-corrected chi connectivity index (χ2v) is 9.42. The van der Waals surface area contributed by atoms with Gasteiger partial charge in [0.15, 0.2) is 0 Å².